The summed E-state index contributed by atoms with van der Waals surface area (Å²) in [6.45, 7) is 2.24. The van der Waals surface area contributed by atoms with E-state index < -0.39 is 27.9 Å². The fraction of sp³-hybridized carbons (Fsp3) is 0.364. The Morgan fingerprint density at radius 3 is 2.34 bits per heavy atom. The van der Waals surface area contributed by atoms with Crippen LogP contribution in [0.5, 0.6) is 11.5 Å². The van der Waals surface area contributed by atoms with E-state index in [0.717, 1.165) is 12.8 Å². The summed E-state index contributed by atoms with van der Waals surface area (Å²) in [4.78, 5) is 25.3. The fourth-order valence-corrected chi connectivity index (χ4v) is 5.42. The van der Waals surface area contributed by atoms with Gasteiger partial charge in [0.25, 0.3) is 0 Å². The third kappa shape index (κ3) is 4.90. The van der Waals surface area contributed by atoms with Crippen molar-refractivity contribution in [3.05, 3.63) is 52.5 Å². The lowest BCUT2D eigenvalue weighted by atomic mass is 10.1. The number of hydrogen-bond acceptors (Lipinski definition) is 7. The van der Waals surface area contributed by atoms with Crippen LogP contribution in [0.3, 0.4) is 0 Å². The summed E-state index contributed by atoms with van der Waals surface area (Å²) in [6, 6.07) is 8.55. The molecule has 0 amide bonds. The molecule has 2 aromatic carbocycles. The third-order valence-electron chi connectivity index (χ3n) is 5.18. The molecule has 0 N–H and O–H groups in total. The largest absolute Gasteiger partial charge is 0.497 e. The van der Waals surface area contributed by atoms with Crippen molar-refractivity contribution in [1.82, 2.24) is 4.31 Å². The second-order valence-electron chi connectivity index (χ2n) is 7.23. The summed E-state index contributed by atoms with van der Waals surface area (Å²) in [5.74, 6) is -0.525. The number of ether oxygens (including phenoxy) is 3. The van der Waals surface area contributed by atoms with Gasteiger partial charge in [0, 0.05) is 19.2 Å². The Labute approximate surface area is 192 Å². The summed E-state index contributed by atoms with van der Waals surface area (Å²) >= 11 is 6.12. The second kappa shape index (κ2) is 9.89. The summed E-state index contributed by atoms with van der Waals surface area (Å²) in [5, 5.41) is 0.0144. The SMILES string of the molecule is COc1ccc(C(=O)[C@@H](C)OC(=O)c2ccc(Cl)c(S(=O)(=O)N3CCCC3)c2)c(OC)c1. The Kier molecular flexibility index (Phi) is 7.43. The number of methoxy groups -OCH3 is 2. The number of sulfonamides is 1. The summed E-state index contributed by atoms with van der Waals surface area (Å²) < 4.78 is 42.8. The van der Waals surface area contributed by atoms with Crippen molar-refractivity contribution >= 4 is 33.4 Å². The molecule has 1 saturated heterocycles. The fourth-order valence-electron chi connectivity index (χ4n) is 3.40. The highest BCUT2D eigenvalue weighted by molar-refractivity contribution is 7.89. The summed E-state index contributed by atoms with van der Waals surface area (Å²) in [6.07, 6.45) is 0.402. The first-order valence-electron chi connectivity index (χ1n) is 9.96. The molecule has 0 aromatic heterocycles. The van der Waals surface area contributed by atoms with Gasteiger partial charge in [0.15, 0.2) is 6.10 Å². The van der Waals surface area contributed by atoms with Gasteiger partial charge in [-0.15, -0.1) is 0 Å². The maximum atomic E-state index is 12.9. The van der Waals surface area contributed by atoms with E-state index in [1.54, 1.807) is 12.1 Å². The van der Waals surface area contributed by atoms with Gasteiger partial charge in [-0.2, -0.15) is 4.31 Å². The number of ketones is 1. The highest BCUT2D eigenvalue weighted by Crippen LogP contribution is 2.29. The number of hydrogen-bond donors (Lipinski definition) is 0. The smallest absolute Gasteiger partial charge is 0.338 e. The molecule has 8 nitrogen and oxygen atoms in total. The van der Waals surface area contributed by atoms with E-state index >= 15 is 0 Å². The maximum Gasteiger partial charge on any atom is 0.338 e. The van der Waals surface area contributed by atoms with Crippen LogP contribution in [0.25, 0.3) is 0 Å². The topological polar surface area (TPSA) is 99.2 Å². The zero-order valence-electron chi connectivity index (χ0n) is 18.0. The van der Waals surface area contributed by atoms with Crippen LogP contribution < -0.4 is 9.47 Å². The van der Waals surface area contributed by atoms with Gasteiger partial charge in [0.2, 0.25) is 15.8 Å². The third-order valence-corrected chi connectivity index (χ3v) is 7.56. The van der Waals surface area contributed by atoms with Crippen molar-refractivity contribution in [2.24, 2.45) is 0 Å². The molecule has 1 aliphatic heterocycles. The molecule has 1 atom stereocenters. The van der Waals surface area contributed by atoms with E-state index in [1.807, 2.05) is 0 Å². The molecule has 0 aliphatic carbocycles. The second-order valence-corrected chi connectivity index (χ2v) is 9.55. The lowest BCUT2D eigenvalue weighted by Crippen LogP contribution is -2.28. The van der Waals surface area contributed by atoms with Crippen molar-refractivity contribution in [3.63, 3.8) is 0 Å². The normalized spacial score (nSPS) is 15.2. The van der Waals surface area contributed by atoms with Crippen LogP contribution in [0.1, 0.15) is 40.5 Å². The van der Waals surface area contributed by atoms with Crippen LogP contribution in [0, 0.1) is 0 Å². The lowest BCUT2D eigenvalue weighted by Gasteiger charge is -2.18. The molecule has 1 aliphatic rings. The molecule has 3 rings (SSSR count). The predicted octanol–water partition coefficient (Wildman–Crippen LogP) is 3.57. The Morgan fingerprint density at radius 2 is 1.72 bits per heavy atom. The number of esters is 1. The zero-order chi connectivity index (χ0) is 23.5. The highest BCUT2D eigenvalue weighted by atomic mass is 35.5. The summed E-state index contributed by atoms with van der Waals surface area (Å²) in [5.41, 5.74) is 0.204. The quantitative estimate of drug-likeness (QED) is 0.419. The molecule has 0 unspecified atom stereocenters. The van der Waals surface area contributed by atoms with Crippen LogP contribution in [0.4, 0.5) is 0 Å². The minimum Gasteiger partial charge on any atom is -0.497 e. The molecule has 1 fully saturated rings. The van der Waals surface area contributed by atoms with Crippen molar-refractivity contribution in [2.75, 3.05) is 27.3 Å². The average molecular weight is 482 g/mol. The Morgan fingerprint density at radius 1 is 1.03 bits per heavy atom. The van der Waals surface area contributed by atoms with Crippen LogP contribution in [-0.4, -0.2) is 57.9 Å². The van der Waals surface area contributed by atoms with Gasteiger partial charge in [-0.05, 0) is 50.1 Å². The summed E-state index contributed by atoms with van der Waals surface area (Å²) in [7, 11) is -0.925. The van der Waals surface area contributed by atoms with Gasteiger partial charge in [-0.25, -0.2) is 13.2 Å². The molecule has 2 aromatic rings. The van der Waals surface area contributed by atoms with Crippen LogP contribution >= 0.6 is 11.6 Å². The molecule has 0 saturated carbocycles. The van der Waals surface area contributed by atoms with E-state index in [-0.39, 0.29) is 26.8 Å². The zero-order valence-corrected chi connectivity index (χ0v) is 19.5. The number of Topliss-reactive ketones (excluding diaryl/α,β-unsaturated/α-hetero) is 1. The molecule has 0 radical (unpaired) electrons. The van der Waals surface area contributed by atoms with Gasteiger partial charge in [-0.3, -0.25) is 4.79 Å². The molecular formula is C22H24ClNO7S. The lowest BCUT2D eigenvalue weighted by molar-refractivity contribution is 0.0317. The number of nitrogens with zero attached hydrogens (tertiary/aromatic N) is 1. The Bertz CT molecular complexity index is 1130. The molecular weight excluding hydrogens is 458 g/mol. The van der Waals surface area contributed by atoms with E-state index in [2.05, 4.69) is 0 Å². The van der Waals surface area contributed by atoms with Crippen molar-refractivity contribution in [2.45, 2.75) is 30.8 Å². The van der Waals surface area contributed by atoms with Crippen molar-refractivity contribution in [1.29, 1.82) is 0 Å². The first kappa shape index (κ1) is 24.0. The van der Waals surface area contributed by atoms with Gasteiger partial charge >= 0.3 is 5.97 Å². The molecule has 10 heteroatoms. The van der Waals surface area contributed by atoms with Crippen LogP contribution in [-0.2, 0) is 14.8 Å². The first-order chi connectivity index (χ1) is 15.2. The van der Waals surface area contributed by atoms with Gasteiger partial charge in [0.05, 0.1) is 30.4 Å². The van der Waals surface area contributed by atoms with Gasteiger partial charge < -0.3 is 14.2 Å². The van der Waals surface area contributed by atoms with E-state index in [9.17, 15) is 18.0 Å². The minimum atomic E-state index is -3.83. The highest BCUT2D eigenvalue weighted by Gasteiger charge is 2.30. The number of carbonyl (C=O) groups excluding carboxylic acids is 2. The Balaban J connectivity index is 1.81. The predicted molar refractivity (Wildman–Crippen MR) is 118 cm³/mol. The molecule has 0 spiro atoms. The van der Waals surface area contributed by atoms with Crippen molar-refractivity contribution in [3.8, 4) is 11.5 Å². The van der Waals surface area contributed by atoms with Gasteiger partial charge in [0.1, 0.15) is 16.4 Å². The molecule has 1 heterocycles. The maximum absolute atomic E-state index is 12.9. The van der Waals surface area contributed by atoms with Crippen LogP contribution in [0.2, 0.25) is 5.02 Å². The van der Waals surface area contributed by atoms with Crippen LogP contribution in [0.15, 0.2) is 41.3 Å². The minimum absolute atomic E-state index is 0.0144. The van der Waals surface area contributed by atoms with E-state index in [0.29, 0.717) is 18.8 Å². The average Bonchev–Trinajstić information content (AvgIpc) is 3.34. The van der Waals surface area contributed by atoms with Crippen molar-refractivity contribution < 1.29 is 32.2 Å². The molecule has 172 valence electrons. The van der Waals surface area contributed by atoms with Gasteiger partial charge in [-0.1, -0.05) is 11.6 Å². The first-order valence-corrected chi connectivity index (χ1v) is 11.8. The number of carbonyl (C=O) groups is 2. The number of rotatable bonds is 8. The molecule has 32 heavy (non-hydrogen) atoms. The number of benzene rings is 2. The number of halogens is 1. The van der Waals surface area contributed by atoms with E-state index in [1.165, 1.54) is 49.7 Å². The monoisotopic (exact) mass is 481 g/mol. The standard InChI is InChI=1S/C22H24ClNO7S/c1-14(21(25)17-8-7-16(29-2)13-19(17)30-3)31-22(26)15-6-9-18(23)20(12-15)32(27,28)24-10-4-5-11-24/h6-9,12-14H,4-5,10-11H2,1-3H3/t14-/m1/s1. The molecule has 0 bridgehead atoms. The Hall–Kier alpha value is -2.62. The van der Waals surface area contributed by atoms with E-state index in [4.69, 9.17) is 25.8 Å².